The maximum absolute atomic E-state index is 5.13. The highest BCUT2D eigenvalue weighted by Gasteiger charge is 2.20. The molecular formula is C16H16N4O. The summed E-state index contributed by atoms with van der Waals surface area (Å²) < 4.78 is 7.44. The normalized spacial score (nSPS) is 15.0. The van der Waals surface area contributed by atoms with E-state index < -0.39 is 0 Å². The van der Waals surface area contributed by atoms with Crippen molar-refractivity contribution in [3.8, 4) is 11.3 Å². The minimum Gasteiger partial charge on any atom is -0.472 e. The molecule has 3 aromatic heterocycles. The summed E-state index contributed by atoms with van der Waals surface area (Å²) in [6, 6.07) is 6.08. The maximum atomic E-state index is 5.13. The van der Waals surface area contributed by atoms with Crippen LogP contribution in [0, 0.1) is 0 Å². The van der Waals surface area contributed by atoms with Crippen LogP contribution in [0.2, 0.25) is 0 Å². The fraction of sp³-hybridized carbons (Fsp3) is 0.250. The Labute approximate surface area is 122 Å². The van der Waals surface area contributed by atoms with Gasteiger partial charge in [0.15, 0.2) is 0 Å². The molecule has 0 amide bonds. The van der Waals surface area contributed by atoms with Gasteiger partial charge in [0, 0.05) is 43.2 Å². The molecule has 3 aromatic rings. The van der Waals surface area contributed by atoms with E-state index in [1.54, 1.807) is 6.26 Å². The molecule has 0 saturated heterocycles. The molecule has 0 N–H and O–H groups in total. The highest BCUT2D eigenvalue weighted by molar-refractivity contribution is 5.58. The quantitative estimate of drug-likeness (QED) is 0.739. The zero-order chi connectivity index (χ0) is 14.1. The zero-order valence-electron chi connectivity index (χ0n) is 11.6. The fourth-order valence-corrected chi connectivity index (χ4v) is 2.84. The van der Waals surface area contributed by atoms with Gasteiger partial charge in [-0.1, -0.05) is 0 Å². The summed E-state index contributed by atoms with van der Waals surface area (Å²) in [6.45, 7) is 3.77. The Morgan fingerprint density at radius 1 is 1.14 bits per heavy atom. The summed E-state index contributed by atoms with van der Waals surface area (Å²) in [4.78, 5) is 11.1. The van der Waals surface area contributed by atoms with Gasteiger partial charge in [0.05, 0.1) is 31.0 Å². The van der Waals surface area contributed by atoms with Crippen molar-refractivity contribution in [2.75, 3.05) is 6.54 Å². The number of hydrogen-bond donors (Lipinski definition) is 0. The number of rotatable bonds is 3. The average molecular weight is 280 g/mol. The van der Waals surface area contributed by atoms with E-state index in [2.05, 4.69) is 19.4 Å². The summed E-state index contributed by atoms with van der Waals surface area (Å²) in [7, 11) is 0. The Balaban J connectivity index is 1.56. The number of hydrogen-bond acceptors (Lipinski definition) is 4. The third-order valence-electron chi connectivity index (χ3n) is 3.91. The number of furan rings is 1. The van der Waals surface area contributed by atoms with Crippen molar-refractivity contribution in [1.82, 2.24) is 19.4 Å². The molecular weight excluding hydrogens is 264 g/mol. The summed E-state index contributed by atoms with van der Waals surface area (Å²) in [6.07, 6.45) is 9.14. The molecule has 0 radical (unpaired) electrons. The van der Waals surface area contributed by atoms with E-state index in [0.717, 1.165) is 32.0 Å². The van der Waals surface area contributed by atoms with Crippen molar-refractivity contribution in [3.63, 3.8) is 0 Å². The van der Waals surface area contributed by atoms with Gasteiger partial charge in [-0.15, -0.1) is 0 Å². The Bertz CT molecular complexity index is 718. The molecule has 0 spiro atoms. The second-order valence-corrected chi connectivity index (χ2v) is 5.29. The predicted octanol–water partition coefficient (Wildman–Crippen LogP) is 2.55. The first-order chi connectivity index (χ1) is 10.4. The molecule has 0 unspecified atom stereocenters. The summed E-state index contributed by atoms with van der Waals surface area (Å²) >= 11 is 0. The first-order valence-corrected chi connectivity index (χ1v) is 7.08. The third kappa shape index (κ3) is 2.36. The lowest BCUT2D eigenvalue weighted by Gasteiger charge is -2.28. The van der Waals surface area contributed by atoms with E-state index in [9.17, 15) is 0 Å². The van der Waals surface area contributed by atoms with Crippen molar-refractivity contribution in [1.29, 1.82) is 0 Å². The van der Waals surface area contributed by atoms with Gasteiger partial charge in [-0.2, -0.15) is 0 Å². The van der Waals surface area contributed by atoms with E-state index in [4.69, 9.17) is 4.42 Å². The van der Waals surface area contributed by atoms with Crippen LogP contribution in [0.4, 0.5) is 0 Å². The molecule has 0 saturated carbocycles. The standard InChI is InChI=1S/C16H16N4O/c1-4-17-5-2-14(1)15-9-18-16-11-19(6-7-20(15)16)10-13-3-8-21-12-13/h1-5,8-9,12H,6-7,10-11H2. The Hall–Kier alpha value is -2.40. The van der Waals surface area contributed by atoms with Crippen molar-refractivity contribution in [2.24, 2.45) is 0 Å². The zero-order valence-corrected chi connectivity index (χ0v) is 11.6. The van der Waals surface area contributed by atoms with E-state index in [0.29, 0.717) is 0 Å². The lowest BCUT2D eigenvalue weighted by Crippen LogP contribution is -2.33. The smallest absolute Gasteiger partial charge is 0.123 e. The second kappa shape index (κ2) is 5.18. The van der Waals surface area contributed by atoms with Gasteiger partial charge >= 0.3 is 0 Å². The molecule has 106 valence electrons. The highest BCUT2D eigenvalue weighted by Crippen LogP contribution is 2.24. The van der Waals surface area contributed by atoms with Crippen LogP contribution in [0.3, 0.4) is 0 Å². The maximum Gasteiger partial charge on any atom is 0.123 e. The van der Waals surface area contributed by atoms with E-state index in [1.807, 2.05) is 43.1 Å². The number of fused-ring (bicyclic) bond motifs is 1. The molecule has 0 aromatic carbocycles. The molecule has 0 bridgehead atoms. The molecule has 0 aliphatic carbocycles. The van der Waals surface area contributed by atoms with Crippen LogP contribution in [0.25, 0.3) is 11.3 Å². The molecule has 0 fully saturated rings. The van der Waals surface area contributed by atoms with E-state index in [1.165, 1.54) is 16.8 Å². The van der Waals surface area contributed by atoms with Crippen molar-refractivity contribution in [2.45, 2.75) is 19.6 Å². The number of aromatic nitrogens is 3. The first kappa shape index (κ1) is 12.3. The molecule has 21 heavy (non-hydrogen) atoms. The third-order valence-corrected chi connectivity index (χ3v) is 3.91. The molecule has 4 rings (SSSR count). The second-order valence-electron chi connectivity index (χ2n) is 5.29. The number of nitrogens with zero attached hydrogens (tertiary/aromatic N) is 4. The van der Waals surface area contributed by atoms with Crippen LogP contribution in [0.5, 0.6) is 0 Å². The summed E-state index contributed by atoms with van der Waals surface area (Å²) in [5.74, 6) is 1.12. The van der Waals surface area contributed by atoms with E-state index in [-0.39, 0.29) is 0 Å². The van der Waals surface area contributed by atoms with Crippen LogP contribution >= 0.6 is 0 Å². The van der Waals surface area contributed by atoms with Crippen LogP contribution in [-0.4, -0.2) is 26.0 Å². The lowest BCUT2D eigenvalue weighted by molar-refractivity contribution is 0.209. The van der Waals surface area contributed by atoms with Crippen LogP contribution < -0.4 is 0 Å². The minimum absolute atomic E-state index is 0.871. The SMILES string of the molecule is c1cc(-c2cnc3n2CCN(Cc2ccoc2)C3)ccn1. The van der Waals surface area contributed by atoms with Gasteiger partial charge < -0.3 is 8.98 Å². The lowest BCUT2D eigenvalue weighted by atomic mass is 10.2. The Morgan fingerprint density at radius 2 is 2.05 bits per heavy atom. The van der Waals surface area contributed by atoms with Gasteiger partial charge in [0.25, 0.3) is 0 Å². The Kier molecular flexibility index (Phi) is 3.05. The monoisotopic (exact) mass is 280 g/mol. The van der Waals surface area contributed by atoms with Gasteiger partial charge in [-0.25, -0.2) is 4.98 Å². The van der Waals surface area contributed by atoms with Gasteiger partial charge in [-0.3, -0.25) is 9.88 Å². The topological polar surface area (TPSA) is 47.1 Å². The van der Waals surface area contributed by atoms with Crippen molar-refractivity contribution in [3.05, 3.63) is 60.7 Å². The molecule has 5 heteroatoms. The van der Waals surface area contributed by atoms with Gasteiger partial charge in [-0.05, 0) is 18.2 Å². The molecule has 1 aliphatic rings. The molecule has 5 nitrogen and oxygen atoms in total. The van der Waals surface area contributed by atoms with Gasteiger partial charge in [0.2, 0.25) is 0 Å². The Morgan fingerprint density at radius 3 is 2.86 bits per heavy atom. The fourth-order valence-electron chi connectivity index (χ4n) is 2.84. The minimum atomic E-state index is 0.871. The average Bonchev–Trinajstić information content (AvgIpc) is 3.17. The van der Waals surface area contributed by atoms with Crippen LogP contribution in [-0.2, 0) is 19.6 Å². The molecule has 4 heterocycles. The van der Waals surface area contributed by atoms with E-state index >= 15 is 0 Å². The number of imidazole rings is 1. The summed E-state index contributed by atoms with van der Waals surface area (Å²) in [5.41, 5.74) is 3.56. The first-order valence-electron chi connectivity index (χ1n) is 7.08. The molecule has 0 atom stereocenters. The van der Waals surface area contributed by atoms with Crippen molar-refractivity contribution >= 4 is 0 Å². The molecule has 1 aliphatic heterocycles. The number of pyridine rings is 1. The predicted molar refractivity (Wildman–Crippen MR) is 78.3 cm³/mol. The largest absolute Gasteiger partial charge is 0.472 e. The summed E-state index contributed by atoms with van der Waals surface area (Å²) in [5, 5.41) is 0. The van der Waals surface area contributed by atoms with Crippen molar-refractivity contribution < 1.29 is 4.42 Å². The van der Waals surface area contributed by atoms with Crippen LogP contribution in [0.15, 0.2) is 53.7 Å². The highest BCUT2D eigenvalue weighted by atomic mass is 16.3. The van der Waals surface area contributed by atoms with Gasteiger partial charge in [0.1, 0.15) is 5.82 Å². The van der Waals surface area contributed by atoms with Crippen LogP contribution in [0.1, 0.15) is 11.4 Å².